The molecule has 0 bridgehead atoms. The highest BCUT2D eigenvalue weighted by Gasteiger charge is 2.34. The fourth-order valence-corrected chi connectivity index (χ4v) is 5.89. The molecule has 0 fully saturated rings. The Hall–Kier alpha value is -3.36. The van der Waals surface area contributed by atoms with E-state index in [1.54, 1.807) is 68.4 Å². The monoisotopic (exact) mass is 555 g/mol. The van der Waals surface area contributed by atoms with Crippen molar-refractivity contribution in [2.24, 2.45) is 0 Å². The van der Waals surface area contributed by atoms with Crippen LogP contribution in [0.3, 0.4) is 0 Å². The van der Waals surface area contributed by atoms with Crippen molar-refractivity contribution in [1.82, 2.24) is 10.2 Å². The molecule has 0 spiro atoms. The Morgan fingerprint density at radius 3 is 2.16 bits per heavy atom. The van der Waals surface area contributed by atoms with E-state index in [0.29, 0.717) is 34.8 Å². The van der Waals surface area contributed by atoms with Crippen molar-refractivity contribution in [3.05, 3.63) is 94.5 Å². The third kappa shape index (κ3) is 6.74. The van der Waals surface area contributed by atoms with Crippen LogP contribution in [0.15, 0.2) is 77.7 Å². The molecule has 2 amide bonds. The molecule has 0 aromatic heterocycles. The first kappa shape index (κ1) is 29.2. The molecule has 0 radical (unpaired) electrons. The van der Waals surface area contributed by atoms with Crippen molar-refractivity contribution in [3.8, 4) is 0 Å². The summed E-state index contributed by atoms with van der Waals surface area (Å²) in [4.78, 5) is 28.5. The Bertz CT molecular complexity index is 1380. The number of halogens is 1. The summed E-state index contributed by atoms with van der Waals surface area (Å²) in [6.45, 7) is 7.26. The second-order valence-electron chi connectivity index (χ2n) is 9.04. The van der Waals surface area contributed by atoms with E-state index in [1.165, 1.54) is 17.0 Å². The second-order valence-corrected chi connectivity index (χ2v) is 11.3. The fraction of sp³-hybridized carbons (Fsp3) is 0.310. The van der Waals surface area contributed by atoms with Crippen LogP contribution in [0.5, 0.6) is 0 Å². The van der Waals surface area contributed by atoms with Gasteiger partial charge in [0.1, 0.15) is 12.6 Å². The van der Waals surface area contributed by atoms with Gasteiger partial charge in [-0.15, -0.1) is 0 Å². The molecule has 3 rings (SSSR count). The molecule has 38 heavy (non-hydrogen) atoms. The Balaban J connectivity index is 2.08. The van der Waals surface area contributed by atoms with E-state index < -0.39 is 28.5 Å². The molecule has 0 aliphatic heterocycles. The molecule has 0 unspecified atom stereocenters. The molecule has 9 heteroatoms. The van der Waals surface area contributed by atoms with Crippen LogP contribution in [-0.2, 0) is 26.2 Å². The van der Waals surface area contributed by atoms with Crippen LogP contribution in [0.2, 0.25) is 5.02 Å². The fourth-order valence-electron chi connectivity index (χ4n) is 4.22. The van der Waals surface area contributed by atoms with Gasteiger partial charge >= 0.3 is 0 Å². The maximum atomic E-state index is 14.0. The average molecular weight is 556 g/mol. The highest BCUT2D eigenvalue weighted by molar-refractivity contribution is 7.92. The lowest BCUT2D eigenvalue weighted by Crippen LogP contribution is -2.52. The van der Waals surface area contributed by atoms with Gasteiger partial charge in [0, 0.05) is 18.1 Å². The van der Waals surface area contributed by atoms with Gasteiger partial charge in [0.2, 0.25) is 11.8 Å². The van der Waals surface area contributed by atoms with Gasteiger partial charge < -0.3 is 10.2 Å². The zero-order valence-electron chi connectivity index (χ0n) is 22.1. The Labute approximate surface area is 230 Å². The lowest BCUT2D eigenvalue weighted by atomic mass is 10.1. The van der Waals surface area contributed by atoms with Gasteiger partial charge in [-0.05, 0) is 62.6 Å². The molecule has 3 aromatic carbocycles. The standard InChI is InChI=1S/C29H34ClN3O4S/c1-5-26(29(35)31-6-2)32(19-23-12-8-9-13-25(23)30)28(34)20-33(27-14-10-7-11-22(27)4)38(36,37)24-17-15-21(3)16-18-24/h7-18,26H,5-6,19-20H2,1-4H3,(H,31,35)/t26-/m1/s1. The molecule has 0 heterocycles. The van der Waals surface area contributed by atoms with Crippen molar-refractivity contribution in [2.45, 2.75) is 51.6 Å². The van der Waals surface area contributed by atoms with E-state index in [4.69, 9.17) is 11.6 Å². The van der Waals surface area contributed by atoms with Crippen LogP contribution in [0.25, 0.3) is 0 Å². The summed E-state index contributed by atoms with van der Waals surface area (Å²) in [6.07, 6.45) is 0.344. The lowest BCUT2D eigenvalue weighted by molar-refractivity contribution is -0.140. The highest BCUT2D eigenvalue weighted by Crippen LogP contribution is 2.28. The van der Waals surface area contributed by atoms with Crippen LogP contribution in [-0.4, -0.2) is 44.3 Å². The van der Waals surface area contributed by atoms with Crippen LogP contribution in [0.1, 0.15) is 37.0 Å². The topological polar surface area (TPSA) is 86.8 Å². The number of anilines is 1. The molecule has 0 aliphatic rings. The van der Waals surface area contributed by atoms with Crippen LogP contribution >= 0.6 is 11.6 Å². The van der Waals surface area contributed by atoms with Gasteiger partial charge in [-0.1, -0.05) is 72.6 Å². The number of benzene rings is 3. The van der Waals surface area contributed by atoms with E-state index in [1.807, 2.05) is 19.9 Å². The van der Waals surface area contributed by atoms with Gasteiger partial charge in [-0.2, -0.15) is 0 Å². The maximum absolute atomic E-state index is 14.0. The molecule has 1 atom stereocenters. The predicted octanol–water partition coefficient (Wildman–Crippen LogP) is 5.10. The quantitative estimate of drug-likeness (QED) is 0.357. The van der Waals surface area contributed by atoms with Crippen molar-refractivity contribution < 1.29 is 18.0 Å². The number of nitrogens with zero attached hydrogens (tertiary/aromatic N) is 2. The summed E-state index contributed by atoms with van der Waals surface area (Å²) in [5, 5.41) is 3.25. The van der Waals surface area contributed by atoms with Crippen LogP contribution in [0, 0.1) is 13.8 Å². The van der Waals surface area contributed by atoms with Crippen molar-refractivity contribution in [3.63, 3.8) is 0 Å². The summed E-state index contributed by atoms with van der Waals surface area (Å²) >= 11 is 6.40. The van der Waals surface area contributed by atoms with Crippen molar-refractivity contribution in [1.29, 1.82) is 0 Å². The molecule has 0 aliphatic carbocycles. The van der Waals surface area contributed by atoms with E-state index in [9.17, 15) is 18.0 Å². The number of para-hydroxylation sites is 1. The average Bonchev–Trinajstić information content (AvgIpc) is 2.89. The number of aryl methyl sites for hydroxylation is 2. The zero-order chi connectivity index (χ0) is 27.9. The maximum Gasteiger partial charge on any atom is 0.264 e. The third-order valence-electron chi connectivity index (χ3n) is 6.31. The van der Waals surface area contributed by atoms with Crippen molar-refractivity contribution >= 4 is 39.1 Å². The highest BCUT2D eigenvalue weighted by atomic mass is 35.5. The van der Waals surface area contributed by atoms with Crippen molar-refractivity contribution in [2.75, 3.05) is 17.4 Å². The number of rotatable bonds is 11. The number of nitrogens with one attached hydrogen (secondary N) is 1. The Morgan fingerprint density at radius 2 is 1.55 bits per heavy atom. The number of likely N-dealkylation sites (N-methyl/N-ethyl adjacent to an activating group) is 1. The summed E-state index contributed by atoms with van der Waals surface area (Å²) in [5.41, 5.74) is 2.67. The van der Waals surface area contributed by atoms with Gasteiger partial charge in [0.15, 0.2) is 0 Å². The largest absolute Gasteiger partial charge is 0.355 e. The minimum atomic E-state index is -4.11. The minimum absolute atomic E-state index is 0.0559. The molecule has 7 nitrogen and oxygen atoms in total. The predicted molar refractivity (Wildman–Crippen MR) is 152 cm³/mol. The molecular formula is C29H34ClN3O4S. The van der Waals surface area contributed by atoms with E-state index in [0.717, 1.165) is 9.87 Å². The summed E-state index contributed by atoms with van der Waals surface area (Å²) in [7, 11) is -4.11. The second kappa shape index (κ2) is 12.9. The summed E-state index contributed by atoms with van der Waals surface area (Å²) in [5.74, 6) is -0.818. The molecule has 1 N–H and O–H groups in total. The first-order chi connectivity index (χ1) is 18.1. The SMILES string of the molecule is CCNC(=O)[C@@H](CC)N(Cc1ccccc1Cl)C(=O)CN(c1ccccc1C)S(=O)(=O)c1ccc(C)cc1. The summed E-state index contributed by atoms with van der Waals surface area (Å²) in [6, 6.07) is 19.8. The van der Waals surface area contributed by atoms with Crippen LogP contribution < -0.4 is 9.62 Å². The number of amides is 2. The van der Waals surface area contributed by atoms with E-state index in [2.05, 4.69) is 5.32 Å². The van der Waals surface area contributed by atoms with Gasteiger partial charge in [0.25, 0.3) is 10.0 Å². The number of sulfonamides is 1. The molecule has 202 valence electrons. The van der Waals surface area contributed by atoms with Crippen LogP contribution in [0.4, 0.5) is 5.69 Å². The number of carbonyl (C=O) groups excluding carboxylic acids is 2. The zero-order valence-corrected chi connectivity index (χ0v) is 23.7. The lowest BCUT2D eigenvalue weighted by Gasteiger charge is -2.33. The first-order valence-corrected chi connectivity index (χ1v) is 14.4. The molecule has 0 saturated heterocycles. The Kier molecular flexibility index (Phi) is 9.94. The van der Waals surface area contributed by atoms with Gasteiger partial charge in [-0.3, -0.25) is 13.9 Å². The molecule has 3 aromatic rings. The number of carbonyl (C=O) groups is 2. The number of hydrogen-bond acceptors (Lipinski definition) is 4. The Morgan fingerprint density at radius 1 is 0.921 bits per heavy atom. The molecular weight excluding hydrogens is 522 g/mol. The van der Waals surface area contributed by atoms with E-state index >= 15 is 0 Å². The van der Waals surface area contributed by atoms with E-state index in [-0.39, 0.29) is 17.3 Å². The van der Waals surface area contributed by atoms with Gasteiger partial charge in [-0.25, -0.2) is 8.42 Å². The summed E-state index contributed by atoms with van der Waals surface area (Å²) < 4.78 is 28.9. The molecule has 0 saturated carbocycles. The van der Waals surface area contributed by atoms with Gasteiger partial charge in [0.05, 0.1) is 10.6 Å². The minimum Gasteiger partial charge on any atom is -0.355 e. The first-order valence-electron chi connectivity index (χ1n) is 12.6. The normalized spacial score (nSPS) is 12.0. The number of hydrogen-bond donors (Lipinski definition) is 1. The third-order valence-corrected chi connectivity index (χ3v) is 8.45. The smallest absolute Gasteiger partial charge is 0.264 e.